The normalized spacial score (nSPS) is 16.8. The largest absolute Gasteiger partial charge is 0.369 e. The van der Waals surface area contributed by atoms with Crippen molar-refractivity contribution in [3.8, 4) is 0 Å². The number of rotatable bonds is 4. The average Bonchev–Trinajstić information content (AvgIpc) is 2.99. The van der Waals surface area contributed by atoms with Gasteiger partial charge in [-0.25, -0.2) is 0 Å². The fourth-order valence-corrected chi connectivity index (χ4v) is 1.64. The average molecular weight is 202 g/mol. The van der Waals surface area contributed by atoms with Crippen molar-refractivity contribution in [3.05, 3.63) is 42.6 Å². The summed E-state index contributed by atoms with van der Waals surface area (Å²) in [5.74, 6) is -0.282. The molecule has 0 saturated heterocycles. The van der Waals surface area contributed by atoms with Crippen LogP contribution in [0.4, 0.5) is 5.69 Å². The highest BCUT2D eigenvalue weighted by Crippen LogP contribution is 2.50. The second-order valence-corrected chi connectivity index (χ2v) is 3.92. The number of benzene rings is 1. The topological polar surface area (TPSA) is 55.1 Å². The molecule has 3 N–H and O–H groups in total. The van der Waals surface area contributed by atoms with Crippen molar-refractivity contribution < 1.29 is 4.79 Å². The van der Waals surface area contributed by atoms with Crippen molar-refractivity contribution in [3.63, 3.8) is 0 Å². The predicted molar refractivity (Wildman–Crippen MR) is 60.1 cm³/mol. The number of nitrogens with two attached hydrogens (primary N) is 1. The van der Waals surface area contributed by atoms with Crippen LogP contribution in [0.1, 0.15) is 12.8 Å². The molecule has 0 heterocycles. The van der Waals surface area contributed by atoms with Crippen LogP contribution in [0, 0.1) is 5.41 Å². The molecule has 0 radical (unpaired) electrons. The molecule has 0 spiro atoms. The van der Waals surface area contributed by atoms with Crippen LogP contribution >= 0.6 is 0 Å². The van der Waals surface area contributed by atoms with Crippen LogP contribution in [0.2, 0.25) is 0 Å². The third kappa shape index (κ3) is 1.73. The Hall–Kier alpha value is -1.77. The molecular weight excluding hydrogens is 188 g/mol. The third-order valence-corrected chi connectivity index (χ3v) is 2.87. The summed E-state index contributed by atoms with van der Waals surface area (Å²) < 4.78 is 0. The highest BCUT2D eigenvalue weighted by atomic mass is 16.1. The minimum Gasteiger partial charge on any atom is -0.369 e. The van der Waals surface area contributed by atoms with Crippen molar-refractivity contribution in [2.24, 2.45) is 11.1 Å². The van der Waals surface area contributed by atoms with Gasteiger partial charge in [-0.15, -0.1) is 0 Å². The van der Waals surface area contributed by atoms with Gasteiger partial charge < -0.3 is 11.1 Å². The number of hydrogen-bond acceptors (Lipinski definition) is 2. The first-order chi connectivity index (χ1) is 7.15. The molecule has 78 valence electrons. The number of amides is 1. The molecule has 3 nitrogen and oxygen atoms in total. The third-order valence-electron chi connectivity index (χ3n) is 2.87. The molecule has 1 aromatic carbocycles. The van der Waals surface area contributed by atoms with Gasteiger partial charge in [0, 0.05) is 11.4 Å². The maximum absolute atomic E-state index is 11.2. The number of primary amides is 1. The van der Waals surface area contributed by atoms with E-state index in [2.05, 4.69) is 11.9 Å². The molecule has 1 aromatic rings. The lowest BCUT2D eigenvalue weighted by atomic mass is 10.0. The molecule has 0 atom stereocenters. The number of nitrogens with one attached hydrogen (secondary N) is 1. The molecule has 0 aromatic heterocycles. The fourth-order valence-electron chi connectivity index (χ4n) is 1.64. The summed E-state index contributed by atoms with van der Waals surface area (Å²) in [6.07, 6.45) is 1.61. The van der Waals surface area contributed by atoms with E-state index >= 15 is 0 Å². The van der Waals surface area contributed by atoms with E-state index in [0.717, 1.165) is 18.5 Å². The highest BCUT2D eigenvalue weighted by Gasteiger charge is 2.51. The van der Waals surface area contributed by atoms with Gasteiger partial charge in [0.05, 0.1) is 5.41 Å². The van der Waals surface area contributed by atoms with E-state index in [1.54, 1.807) is 0 Å². The minimum absolute atomic E-state index is 0.282. The summed E-state index contributed by atoms with van der Waals surface area (Å²) >= 11 is 0. The molecule has 3 heteroatoms. The Morgan fingerprint density at radius 2 is 1.93 bits per heavy atom. The van der Waals surface area contributed by atoms with Crippen LogP contribution in [-0.4, -0.2) is 5.91 Å². The standard InChI is InChI=1S/C12H14N2O/c1-9(12(7-8-12)11(13)15)14-10-5-3-2-4-6-10/h2-6,14H,1,7-8H2,(H2,13,15). The summed E-state index contributed by atoms with van der Waals surface area (Å²) in [5.41, 5.74) is 6.49. The van der Waals surface area contributed by atoms with Gasteiger partial charge in [-0.2, -0.15) is 0 Å². The SMILES string of the molecule is C=C(Nc1ccccc1)C1(C(N)=O)CC1. The van der Waals surface area contributed by atoms with Crippen LogP contribution in [0.3, 0.4) is 0 Å². The summed E-state index contributed by atoms with van der Waals surface area (Å²) in [7, 11) is 0. The zero-order valence-electron chi connectivity index (χ0n) is 8.49. The van der Waals surface area contributed by atoms with Gasteiger partial charge in [0.2, 0.25) is 5.91 Å². The van der Waals surface area contributed by atoms with E-state index in [-0.39, 0.29) is 5.91 Å². The molecule has 1 aliphatic rings. The van der Waals surface area contributed by atoms with Crippen LogP contribution in [0.15, 0.2) is 42.6 Å². The molecule has 1 aliphatic carbocycles. The summed E-state index contributed by atoms with van der Waals surface area (Å²) in [6.45, 7) is 3.89. The Labute approximate surface area is 89.0 Å². The van der Waals surface area contributed by atoms with Crippen LogP contribution in [0.25, 0.3) is 0 Å². The van der Waals surface area contributed by atoms with Gasteiger partial charge >= 0.3 is 0 Å². The lowest BCUT2D eigenvalue weighted by Crippen LogP contribution is -2.28. The Morgan fingerprint density at radius 1 is 1.33 bits per heavy atom. The first-order valence-corrected chi connectivity index (χ1v) is 4.96. The van der Waals surface area contributed by atoms with Crippen LogP contribution < -0.4 is 11.1 Å². The van der Waals surface area contributed by atoms with Gasteiger partial charge in [0.15, 0.2) is 0 Å². The van der Waals surface area contributed by atoms with Crippen molar-refractivity contribution in [2.75, 3.05) is 5.32 Å². The van der Waals surface area contributed by atoms with Gasteiger partial charge in [-0.3, -0.25) is 4.79 Å². The van der Waals surface area contributed by atoms with E-state index in [4.69, 9.17) is 5.73 Å². The zero-order valence-corrected chi connectivity index (χ0v) is 8.49. The van der Waals surface area contributed by atoms with Gasteiger partial charge in [0.25, 0.3) is 0 Å². The van der Waals surface area contributed by atoms with Crippen molar-refractivity contribution in [1.29, 1.82) is 0 Å². The van der Waals surface area contributed by atoms with E-state index in [1.807, 2.05) is 30.3 Å². The second-order valence-electron chi connectivity index (χ2n) is 3.92. The molecule has 2 rings (SSSR count). The van der Waals surface area contributed by atoms with Crippen molar-refractivity contribution in [2.45, 2.75) is 12.8 Å². The molecule has 1 saturated carbocycles. The Balaban J connectivity index is 2.08. The van der Waals surface area contributed by atoms with E-state index in [0.29, 0.717) is 5.70 Å². The van der Waals surface area contributed by atoms with Gasteiger partial charge in [0.1, 0.15) is 0 Å². The van der Waals surface area contributed by atoms with Crippen LogP contribution in [-0.2, 0) is 4.79 Å². The number of hydrogen-bond donors (Lipinski definition) is 2. The van der Waals surface area contributed by atoms with E-state index in [1.165, 1.54) is 0 Å². The Bertz CT molecular complexity index is 393. The van der Waals surface area contributed by atoms with Gasteiger partial charge in [-0.05, 0) is 25.0 Å². The lowest BCUT2D eigenvalue weighted by molar-refractivity contribution is -0.121. The smallest absolute Gasteiger partial charge is 0.229 e. The maximum atomic E-state index is 11.2. The quantitative estimate of drug-likeness (QED) is 0.783. The second kappa shape index (κ2) is 3.42. The minimum atomic E-state index is -0.504. The molecule has 1 amide bonds. The maximum Gasteiger partial charge on any atom is 0.229 e. The summed E-state index contributed by atoms with van der Waals surface area (Å²) in [4.78, 5) is 11.2. The molecule has 0 unspecified atom stereocenters. The summed E-state index contributed by atoms with van der Waals surface area (Å²) in [6, 6.07) is 9.67. The number of anilines is 1. The van der Waals surface area contributed by atoms with Gasteiger partial charge in [-0.1, -0.05) is 24.8 Å². The first-order valence-electron chi connectivity index (χ1n) is 4.96. The molecular formula is C12H14N2O. The number of carbonyl (C=O) groups is 1. The monoisotopic (exact) mass is 202 g/mol. The zero-order chi connectivity index (χ0) is 10.9. The Morgan fingerprint density at radius 3 is 2.40 bits per heavy atom. The van der Waals surface area contributed by atoms with Crippen LogP contribution in [0.5, 0.6) is 0 Å². The molecule has 1 fully saturated rings. The number of para-hydroxylation sites is 1. The number of carbonyl (C=O) groups excluding carboxylic acids is 1. The lowest BCUT2D eigenvalue weighted by Gasteiger charge is -2.16. The first kappa shape index (κ1) is 9.77. The van der Waals surface area contributed by atoms with Crippen molar-refractivity contribution in [1.82, 2.24) is 0 Å². The predicted octanol–water partition coefficient (Wildman–Crippen LogP) is 1.88. The van der Waals surface area contributed by atoms with E-state index in [9.17, 15) is 4.79 Å². The highest BCUT2D eigenvalue weighted by molar-refractivity contribution is 5.88. The van der Waals surface area contributed by atoms with Crippen molar-refractivity contribution >= 4 is 11.6 Å². The fraction of sp³-hybridized carbons (Fsp3) is 0.250. The van der Waals surface area contributed by atoms with E-state index < -0.39 is 5.41 Å². The summed E-state index contributed by atoms with van der Waals surface area (Å²) in [5, 5.41) is 3.13. The Kier molecular flexibility index (Phi) is 2.23. The molecule has 0 aliphatic heterocycles. The molecule has 15 heavy (non-hydrogen) atoms. The molecule has 0 bridgehead atoms.